The first kappa shape index (κ1) is 14.6. The molecule has 2 rings (SSSR count). The van der Waals surface area contributed by atoms with Crippen LogP contribution in [0.1, 0.15) is 16.8 Å². The summed E-state index contributed by atoms with van der Waals surface area (Å²) in [5.74, 6) is -0.500. The summed E-state index contributed by atoms with van der Waals surface area (Å²) in [6, 6.07) is 5.26. The maximum atomic E-state index is 11.2. The van der Waals surface area contributed by atoms with E-state index in [4.69, 9.17) is 16.2 Å². The summed E-state index contributed by atoms with van der Waals surface area (Å²) in [7, 11) is 0. The summed E-state index contributed by atoms with van der Waals surface area (Å²) in [6.45, 7) is 5.57. The smallest absolute Gasteiger partial charge is 0.250 e. The molecule has 1 fully saturated rings. The van der Waals surface area contributed by atoms with Gasteiger partial charge in [-0.25, -0.2) is 0 Å². The van der Waals surface area contributed by atoms with Crippen molar-refractivity contribution >= 4 is 17.3 Å². The molecular weight excluding hydrogens is 256 g/mol. The molecular formula is C14H22N4O2. The van der Waals surface area contributed by atoms with Crippen LogP contribution in [0.15, 0.2) is 18.2 Å². The van der Waals surface area contributed by atoms with Crippen LogP contribution in [-0.4, -0.2) is 50.2 Å². The lowest BCUT2D eigenvalue weighted by Crippen LogP contribution is -2.37. The average molecular weight is 278 g/mol. The number of ether oxygens (including phenoxy) is 1. The minimum absolute atomic E-state index is 0.364. The Hall–Kier alpha value is -1.79. The Labute approximate surface area is 119 Å². The van der Waals surface area contributed by atoms with E-state index in [-0.39, 0.29) is 0 Å². The predicted octanol–water partition coefficient (Wildman–Crippen LogP) is 0.502. The van der Waals surface area contributed by atoms with E-state index in [9.17, 15) is 4.79 Å². The topological polar surface area (TPSA) is 93.6 Å². The van der Waals surface area contributed by atoms with Gasteiger partial charge in [-0.3, -0.25) is 9.69 Å². The summed E-state index contributed by atoms with van der Waals surface area (Å²) in [6.07, 6.45) is 1.04. The number of nitrogens with one attached hydrogen (secondary N) is 1. The molecule has 1 aliphatic rings. The summed E-state index contributed by atoms with van der Waals surface area (Å²) in [5.41, 5.74) is 12.6. The largest absolute Gasteiger partial charge is 0.398 e. The highest BCUT2D eigenvalue weighted by molar-refractivity contribution is 5.98. The lowest BCUT2D eigenvalue weighted by atomic mass is 10.1. The Morgan fingerprint density at radius 3 is 2.80 bits per heavy atom. The van der Waals surface area contributed by atoms with Crippen molar-refractivity contribution in [2.24, 2.45) is 5.73 Å². The van der Waals surface area contributed by atoms with E-state index in [1.807, 2.05) is 6.07 Å². The summed E-state index contributed by atoms with van der Waals surface area (Å²) < 4.78 is 5.31. The standard InChI is InChI=1S/C14H22N4O2/c15-13-3-2-11(10-12(13)14(16)19)17-4-1-5-18-6-8-20-9-7-18/h2-3,10,17H,1,4-9,15H2,(H2,16,19). The summed E-state index contributed by atoms with van der Waals surface area (Å²) in [5, 5.41) is 3.29. The van der Waals surface area contributed by atoms with Gasteiger partial charge in [0.25, 0.3) is 5.91 Å². The fraction of sp³-hybridized carbons (Fsp3) is 0.500. The Bertz CT molecular complexity index is 458. The molecule has 1 saturated heterocycles. The number of hydrogen-bond donors (Lipinski definition) is 3. The second kappa shape index (κ2) is 7.12. The van der Waals surface area contributed by atoms with E-state index in [1.54, 1.807) is 12.1 Å². The van der Waals surface area contributed by atoms with Crippen molar-refractivity contribution in [3.63, 3.8) is 0 Å². The molecule has 1 aromatic rings. The van der Waals surface area contributed by atoms with Crippen LogP contribution < -0.4 is 16.8 Å². The number of hydrogen-bond acceptors (Lipinski definition) is 5. The first-order valence-corrected chi connectivity index (χ1v) is 6.90. The zero-order chi connectivity index (χ0) is 14.4. The lowest BCUT2D eigenvalue weighted by molar-refractivity contribution is 0.0378. The molecule has 0 saturated carbocycles. The number of morpholine rings is 1. The Morgan fingerprint density at radius 1 is 1.35 bits per heavy atom. The number of nitrogens with zero attached hydrogens (tertiary/aromatic N) is 1. The van der Waals surface area contributed by atoms with Crippen LogP contribution in [-0.2, 0) is 4.74 Å². The van der Waals surface area contributed by atoms with Crippen molar-refractivity contribution in [2.75, 3.05) is 50.4 Å². The number of carbonyl (C=O) groups is 1. The van der Waals surface area contributed by atoms with E-state index >= 15 is 0 Å². The maximum absolute atomic E-state index is 11.2. The normalized spacial score (nSPS) is 16.0. The highest BCUT2D eigenvalue weighted by Gasteiger charge is 2.09. The molecule has 1 aliphatic heterocycles. The van der Waals surface area contributed by atoms with Crippen molar-refractivity contribution in [1.29, 1.82) is 0 Å². The van der Waals surface area contributed by atoms with E-state index in [2.05, 4.69) is 10.2 Å². The quantitative estimate of drug-likeness (QED) is 0.520. The zero-order valence-electron chi connectivity index (χ0n) is 11.6. The van der Waals surface area contributed by atoms with Gasteiger partial charge < -0.3 is 21.5 Å². The Balaban J connectivity index is 1.76. The second-order valence-corrected chi connectivity index (χ2v) is 4.90. The third-order valence-corrected chi connectivity index (χ3v) is 3.40. The Morgan fingerprint density at radius 2 is 2.10 bits per heavy atom. The van der Waals surface area contributed by atoms with Crippen LogP contribution in [0.5, 0.6) is 0 Å². The second-order valence-electron chi connectivity index (χ2n) is 4.90. The highest BCUT2D eigenvalue weighted by Crippen LogP contribution is 2.17. The third kappa shape index (κ3) is 4.11. The molecule has 6 nitrogen and oxygen atoms in total. The number of rotatable bonds is 6. The molecule has 0 spiro atoms. The third-order valence-electron chi connectivity index (χ3n) is 3.40. The van der Waals surface area contributed by atoms with Crippen molar-refractivity contribution in [3.8, 4) is 0 Å². The van der Waals surface area contributed by atoms with Gasteiger partial charge in [-0.1, -0.05) is 0 Å². The first-order valence-electron chi connectivity index (χ1n) is 6.90. The summed E-state index contributed by atoms with van der Waals surface area (Å²) >= 11 is 0. The number of nitrogens with two attached hydrogens (primary N) is 2. The molecule has 1 amide bonds. The number of amides is 1. The monoisotopic (exact) mass is 278 g/mol. The van der Waals surface area contributed by atoms with Gasteiger partial charge in [0.15, 0.2) is 0 Å². The van der Waals surface area contributed by atoms with Gasteiger partial charge in [-0.15, -0.1) is 0 Å². The number of anilines is 2. The molecule has 0 aromatic heterocycles. The van der Waals surface area contributed by atoms with E-state index in [0.717, 1.165) is 51.5 Å². The fourth-order valence-electron chi connectivity index (χ4n) is 2.24. The molecule has 0 atom stereocenters. The lowest BCUT2D eigenvalue weighted by Gasteiger charge is -2.26. The Kier molecular flexibility index (Phi) is 5.20. The van der Waals surface area contributed by atoms with E-state index < -0.39 is 5.91 Å². The zero-order valence-corrected chi connectivity index (χ0v) is 11.6. The van der Waals surface area contributed by atoms with Crippen molar-refractivity contribution < 1.29 is 9.53 Å². The molecule has 0 bridgehead atoms. The number of primary amides is 1. The van der Waals surface area contributed by atoms with Crippen LogP contribution in [0.25, 0.3) is 0 Å². The number of benzene rings is 1. The van der Waals surface area contributed by atoms with Gasteiger partial charge in [0.1, 0.15) is 0 Å². The van der Waals surface area contributed by atoms with Gasteiger partial charge >= 0.3 is 0 Å². The molecule has 110 valence electrons. The molecule has 1 aromatic carbocycles. The van der Waals surface area contributed by atoms with Crippen molar-refractivity contribution in [3.05, 3.63) is 23.8 Å². The number of nitrogen functional groups attached to an aromatic ring is 1. The SMILES string of the molecule is NC(=O)c1cc(NCCCN2CCOCC2)ccc1N. The predicted molar refractivity (Wildman–Crippen MR) is 79.7 cm³/mol. The molecule has 5 N–H and O–H groups in total. The van der Waals surface area contributed by atoms with Crippen LogP contribution in [0.2, 0.25) is 0 Å². The van der Waals surface area contributed by atoms with Gasteiger partial charge in [-0.2, -0.15) is 0 Å². The van der Waals surface area contributed by atoms with Crippen LogP contribution in [0, 0.1) is 0 Å². The van der Waals surface area contributed by atoms with Crippen LogP contribution in [0.4, 0.5) is 11.4 Å². The average Bonchev–Trinajstić information content (AvgIpc) is 2.46. The highest BCUT2D eigenvalue weighted by atomic mass is 16.5. The first-order chi connectivity index (χ1) is 9.66. The molecule has 6 heteroatoms. The van der Waals surface area contributed by atoms with E-state index in [0.29, 0.717) is 11.3 Å². The van der Waals surface area contributed by atoms with Gasteiger partial charge in [0, 0.05) is 31.0 Å². The number of carbonyl (C=O) groups excluding carboxylic acids is 1. The molecule has 0 aliphatic carbocycles. The van der Waals surface area contributed by atoms with Crippen LogP contribution >= 0.6 is 0 Å². The van der Waals surface area contributed by atoms with Gasteiger partial charge in [0.05, 0.1) is 18.8 Å². The molecule has 0 unspecified atom stereocenters. The van der Waals surface area contributed by atoms with Crippen molar-refractivity contribution in [1.82, 2.24) is 4.90 Å². The van der Waals surface area contributed by atoms with Gasteiger partial charge in [-0.05, 0) is 31.2 Å². The minimum Gasteiger partial charge on any atom is -0.398 e. The van der Waals surface area contributed by atoms with E-state index in [1.165, 1.54) is 0 Å². The van der Waals surface area contributed by atoms with Gasteiger partial charge in [0.2, 0.25) is 0 Å². The maximum Gasteiger partial charge on any atom is 0.250 e. The fourth-order valence-corrected chi connectivity index (χ4v) is 2.24. The summed E-state index contributed by atoms with van der Waals surface area (Å²) in [4.78, 5) is 13.6. The minimum atomic E-state index is -0.500. The van der Waals surface area contributed by atoms with Crippen LogP contribution in [0.3, 0.4) is 0 Å². The molecule has 1 heterocycles. The van der Waals surface area contributed by atoms with Crippen molar-refractivity contribution in [2.45, 2.75) is 6.42 Å². The molecule has 20 heavy (non-hydrogen) atoms. The molecule has 0 radical (unpaired) electrons.